The molecule has 34 heavy (non-hydrogen) atoms. The molecule has 0 spiro atoms. The molecule has 0 bridgehead atoms. The van der Waals surface area contributed by atoms with Crippen molar-refractivity contribution in [2.75, 3.05) is 6.54 Å². The molecule has 3 aliphatic rings. The molecule has 188 valence electrons. The summed E-state index contributed by atoms with van der Waals surface area (Å²) in [5, 5.41) is 14.9. The maximum absolute atomic E-state index is 12.6. The molecule has 1 aromatic rings. The number of rotatable bonds is 7. The van der Waals surface area contributed by atoms with Gasteiger partial charge in [0, 0.05) is 18.8 Å². The third kappa shape index (κ3) is 6.57. The van der Waals surface area contributed by atoms with Crippen LogP contribution in [-0.4, -0.2) is 53.1 Å². The van der Waals surface area contributed by atoms with Gasteiger partial charge in [-0.3, -0.25) is 15.2 Å². The van der Waals surface area contributed by atoms with E-state index in [4.69, 9.17) is 4.74 Å². The lowest BCUT2D eigenvalue weighted by molar-refractivity contribution is -0.141. The summed E-state index contributed by atoms with van der Waals surface area (Å²) in [6.45, 7) is 0.518. The fraction of sp³-hybridized carbons (Fsp3) is 0.682. The summed E-state index contributed by atoms with van der Waals surface area (Å²) in [7, 11) is 0. The number of amides is 2. The fourth-order valence-corrected chi connectivity index (χ4v) is 4.85. The minimum atomic E-state index is -4.51. The smallest absolute Gasteiger partial charge is 0.433 e. The van der Waals surface area contributed by atoms with Crippen LogP contribution in [0.15, 0.2) is 18.3 Å². The number of carbonyl (C=O) groups excluding carboxylic acids is 2. The normalized spacial score (nSPS) is 31.1. The van der Waals surface area contributed by atoms with E-state index in [0.717, 1.165) is 31.5 Å². The number of hydrazine groups is 1. The standard InChI is InChI=1S/C22H30F3N5O4/c23-22(24,25)18-4-1-12(10-26-18)7-20(32)28-19-9-17(29-30-19)14-2-3-16(8-14)34-21(33)27-11-13-5-15(31)6-13/h1,4,10,13-17,19,29-31H,2-3,5-9,11H2,(H,27,33)(H,28,32)/t13?,14-,15?,16+,17?,19?/m1/s1. The van der Waals surface area contributed by atoms with E-state index >= 15 is 0 Å². The molecule has 0 aromatic carbocycles. The van der Waals surface area contributed by atoms with Crippen molar-refractivity contribution in [1.82, 2.24) is 26.5 Å². The Labute approximate surface area is 195 Å². The lowest BCUT2D eigenvalue weighted by Gasteiger charge is -2.31. The fourth-order valence-electron chi connectivity index (χ4n) is 4.85. The number of hydrogen-bond donors (Lipinski definition) is 5. The quantitative estimate of drug-likeness (QED) is 0.398. The van der Waals surface area contributed by atoms with Gasteiger partial charge in [0.05, 0.1) is 18.7 Å². The molecular formula is C22H30F3N5O4. The average molecular weight is 486 g/mol. The highest BCUT2D eigenvalue weighted by Gasteiger charge is 2.37. The van der Waals surface area contributed by atoms with Gasteiger partial charge in [-0.15, -0.1) is 0 Å². The van der Waals surface area contributed by atoms with Crippen molar-refractivity contribution in [3.05, 3.63) is 29.6 Å². The number of nitrogens with zero attached hydrogens (tertiary/aromatic N) is 1. The Hall–Kier alpha value is -2.44. The Morgan fingerprint density at radius 3 is 2.62 bits per heavy atom. The second-order valence-electron chi connectivity index (χ2n) is 9.45. The molecule has 9 nitrogen and oxygen atoms in total. The van der Waals surface area contributed by atoms with E-state index < -0.39 is 18.0 Å². The van der Waals surface area contributed by atoms with Crippen molar-refractivity contribution in [2.45, 2.75) is 75.5 Å². The van der Waals surface area contributed by atoms with Crippen molar-refractivity contribution in [3.63, 3.8) is 0 Å². The molecule has 1 aromatic heterocycles. The Morgan fingerprint density at radius 2 is 1.94 bits per heavy atom. The minimum Gasteiger partial charge on any atom is -0.446 e. The van der Waals surface area contributed by atoms with E-state index in [-0.39, 0.29) is 42.7 Å². The number of carbonyl (C=O) groups is 2. The Kier molecular flexibility index (Phi) is 7.58. The van der Waals surface area contributed by atoms with Crippen molar-refractivity contribution in [2.24, 2.45) is 11.8 Å². The summed E-state index contributed by atoms with van der Waals surface area (Å²) >= 11 is 0. The van der Waals surface area contributed by atoms with Crippen LogP contribution in [0.4, 0.5) is 18.0 Å². The molecule has 3 fully saturated rings. The monoisotopic (exact) mass is 485 g/mol. The molecule has 2 heterocycles. The van der Waals surface area contributed by atoms with Gasteiger partial charge in [0.1, 0.15) is 11.8 Å². The number of nitrogens with one attached hydrogen (secondary N) is 4. The molecule has 0 radical (unpaired) electrons. The van der Waals surface area contributed by atoms with Gasteiger partial charge >= 0.3 is 12.3 Å². The third-order valence-corrected chi connectivity index (χ3v) is 6.76. The van der Waals surface area contributed by atoms with E-state index in [1.807, 2.05) is 0 Å². The zero-order valence-corrected chi connectivity index (χ0v) is 18.6. The zero-order chi connectivity index (χ0) is 24.3. The number of aliphatic hydroxyl groups is 1. The van der Waals surface area contributed by atoms with Crippen LogP contribution in [0.5, 0.6) is 0 Å². The van der Waals surface area contributed by atoms with E-state index in [9.17, 15) is 27.9 Å². The maximum atomic E-state index is 12.6. The van der Waals surface area contributed by atoms with Gasteiger partial charge in [-0.2, -0.15) is 13.2 Å². The van der Waals surface area contributed by atoms with E-state index in [1.165, 1.54) is 6.07 Å². The van der Waals surface area contributed by atoms with Crippen LogP contribution < -0.4 is 21.5 Å². The molecule has 2 unspecified atom stereocenters. The zero-order valence-electron chi connectivity index (χ0n) is 18.6. The summed E-state index contributed by atoms with van der Waals surface area (Å²) in [4.78, 5) is 27.7. The first kappa shape index (κ1) is 24.7. The largest absolute Gasteiger partial charge is 0.446 e. The molecule has 4 rings (SSSR count). The van der Waals surface area contributed by atoms with Crippen molar-refractivity contribution in [1.29, 1.82) is 0 Å². The number of aliphatic hydroxyl groups excluding tert-OH is 1. The molecule has 2 aliphatic carbocycles. The lowest BCUT2D eigenvalue weighted by atomic mass is 9.82. The molecule has 2 amide bonds. The molecule has 1 aliphatic heterocycles. The molecule has 12 heteroatoms. The van der Waals surface area contributed by atoms with Gasteiger partial charge in [-0.1, -0.05) is 6.07 Å². The first-order chi connectivity index (χ1) is 16.2. The second kappa shape index (κ2) is 10.4. The van der Waals surface area contributed by atoms with Gasteiger partial charge < -0.3 is 20.5 Å². The molecule has 1 saturated heterocycles. The highest BCUT2D eigenvalue weighted by molar-refractivity contribution is 5.78. The lowest BCUT2D eigenvalue weighted by Crippen LogP contribution is -2.45. The average Bonchev–Trinajstić information content (AvgIpc) is 3.39. The number of halogens is 3. The van der Waals surface area contributed by atoms with Crippen LogP contribution >= 0.6 is 0 Å². The van der Waals surface area contributed by atoms with Crippen LogP contribution in [0.25, 0.3) is 0 Å². The topological polar surface area (TPSA) is 125 Å². The number of aromatic nitrogens is 1. The van der Waals surface area contributed by atoms with Gasteiger partial charge in [-0.05, 0) is 62.0 Å². The van der Waals surface area contributed by atoms with Crippen LogP contribution in [0.3, 0.4) is 0 Å². The van der Waals surface area contributed by atoms with Gasteiger partial charge in [0.25, 0.3) is 0 Å². The molecule has 5 N–H and O–H groups in total. The maximum Gasteiger partial charge on any atom is 0.433 e. The summed E-state index contributed by atoms with van der Waals surface area (Å²) in [5.74, 6) is 0.285. The highest BCUT2D eigenvalue weighted by Crippen LogP contribution is 2.33. The Morgan fingerprint density at radius 1 is 1.15 bits per heavy atom. The van der Waals surface area contributed by atoms with Crippen LogP contribution in [-0.2, 0) is 22.1 Å². The summed E-state index contributed by atoms with van der Waals surface area (Å²) in [5.41, 5.74) is 5.65. The van der Waals surface area contributed by atoms with Gasteiger partial charge in [0.15, 0.2) is 0 Å². The van der Waals surface area contributed by atoms with Crippen LogP contribution in [0, 0.1) is 11.8 Å². The third-order valence-electron chi connectivity index (χ3n) is 6.76. The number of hydrogen-bond acceptors (Lipinski definition) is 7. The number of pyridine rings is 1. The molecular weight excluding hydrogens is 455 g/mol. The predicted octanol–water partition coefficient (Wildman–Crippen LogP) is 1.62. The molecule has 2 saturated carbocycles. The first-order valence-electron chi connectivity index (χ1n) is 11.6. The first-order valence-corrected chi connectivity index (χ1v) is 11.6. The summed E-state index contributed by atoms with van der Waals surface area (Å²) < 4.78 is 43.3. The van der Waals surface area contributed by atoms with E-state index in [1.54, 1.807) is 0 Å². The van der Waals surface area contributed by atoms with Crippen molar-refractivity contribution >= 4 is 12.0 Å². The van der Waals surface area contributed by atoms with Crippen LogP contribution in [0.2, 0.25) is 0 Å². The van der Waals surface area contributed by atoms with Crippen LogP contribution in [0.1, 0.15) is 49.8 Å². The van der Waals surface area contributed by atoms with E-state index in [0.29, 0.717) is 37.3 Å². The highest BCUT2D eigenvalue weighted by atomic mass is 19.4. The summed E-state index contributed by atoms with van der Waals surface area (Å²) in [6, 6.07) is 2.22. The SMILES string of the molecule is O=C(Cc1ccc(C(F)(F)F)nc1)NC1CC([C@@H]2CC[C@H](OC(=O)NCC3CC(O)C3)C2)NN1. The Balaban J connectivity index is 1.14. The predicted molar refractivity (Wildman–Crippen MR) is 114 cm³/mol. The van der Waals surface area contributed by atoms with Gasteiger partial charge in [-0.25, -0.2) is 10.2 Å². The number of alkyl carbamates (subject to hydrolysis) is 1. The number of ether oxygens (including phenoxy) is 1. The minimum absolute atomic E-state index is 0.0672. The Bertz CT molecular complexity index is 863. The van der Waals surface area contributed by atoms with Crippen molar-refractivity contribution in [3.8, 4) is 0 Å². The van der Waals surface area contributed by atoms with E-state index in [2.05, 4.69) is 26.5 Å². The van der Waals surface area contributed by atoms with Gasteiger partial charge in [0.2, 0.25) is 5.91 Å². The molecule has 4 atom stereocenters. The van der Waals surface area contributed by atoms with Crippen molar-refractivity contribution < 1.29 is 32.6 Å². The second-order valence-corrected chi connectivity index (χ2v) is 9.45. The summed E-state index contributed by atoms with van der Waals surface area (Å²) in [6.07, 6.45) is -0.176. The number of alkyl halides is 3.